The average molecular weight is 520 g/mol. The molecule has 3 rings (SSSR count). The van der Waals surface area contributed by atoms with E-state index in [1.165, 1.54) is 11.8 Å². The summed E-state index contributed by atoms with van der Waals surface area (Å²) in [6.45, 7) is 6.09. The Balaban J connectivity index is 1.66. The Morgan fingerprint density at radius 3 is 2.65 bits per heavy atom. The highest BCUT2D eigenvalue weighted by atomic mass is 79.9. The lowest BCUT2D eigenvalue weighted by Gasteiger charge is -2.09. The van der Waals surface area contributed by atoms with Gasteiger partial charge < -0.3 is 9.88 Å². The molecule has 31 heavy (non-hydrogen) atoms. The van der Waals surface area contributed by atoms with Gasteiger partial charge in [0.05, 0.1) is 12.2 Å². The Morgan fingerprint density at radius 2 is 1.97 bits per heavy atom. The molecule has 0 fully saturated rings. The van der Waals surface area contributed by atoms with Gasteiger partial charge in [-0.1, -0.05) is 63.6 Å². The number of ketones is 1. The van der Waals surface area contributed by atoms with Crippen molar-refractivity contribution < 1.29 is 9.59 Å². The van der Waals surface area contributed by atoms with Gasteiger partial charge in [0.2, 0.25) is 5.91 Å². The van der Waals surface area contributed by atoms with Gasteiger partial charge in [0, 0.05) is 27.3 Å². The van der Waals surface area contributed by atoms with E-state index in [1.807, 2.05) is 25.1 Å². The molecule has 2 aromatic carbocycles. The van der Waals surface area contributed by atoms with Crippen molar-refractivity contribution in [3.63, 3.8) is 0 Å². The normalized spacial score (nSPS) is 10.7. The zero-order valence-electron chi connectivity index (χ0n) is 16.8. The van der Waals surface area contributed by atoms with Crippen molar-refractivity contribution >= 4 is 56.7 Å². The summed E-state index contributed by atoms with van der Waals surface area (Å²) in [4.78, 5) is 24.9. The number of amides is 1. The molecule has 0 aliphatic carbocycles. The summed E-state index contributed by atoms with van der Waals surface area (Å²) in [6.07, 6.45) is 1.73. The Kier molecular flexibility index (Phi) is 8.06. The minimum absolute atomic E-state index is 0.0128. The first-order chi connectivity index (χ1) is 14.9. The molecule has 6 nitrogen and oxygen atoms in total. The smallest absolute Gasteiger partial charge is 0.232 e. The largest absolute Gasteiger partial charge is 0.326 e. The standard InChI is InChI=1S/C22H20BrClN4O2S/c1-3-10-28-20(12-21(30)25-17-9-4-14(2)18(24)11-17)26-27-22(28)31-13-19(29)15-5-7-16(23)8-6-15/h3-9,11H,1,10,12-13H2,2H3,(H,25,30). The number of thioether (sulfide) groups is 1. The number of nitrogens with zero attached hydrogens (tertiary/aromatic N) is 3. The van der Waals surface area contributed by atoms with Crippen molar-refractivity contribution in [1.82, 2.24) is 14.8 Å². The van der Waals surface area contributed by atoms with Crippen LogP contribution in [0.15, 0.2) is 64.7 Å². The SMILES string of the molecule is C=CCn1c(CC(=O)Nc2ccc(C)c(Cl)c2)nnc1SCC(=O)c1ccc(Br)cc1. The fraction of sp³-hybridized carbons (Fsp3) is 0.182. The number of hydrogen-bond acceptors (Lipinski definition) is 5. The van der Waals surface area contributed by atoms with Crippen molar-refractivity contribution in [3.05, 3.63) is 81.6 Å². The maximum Gasteiger partial charge on any atom is 0.232 e. The first kappa shape index (κ1) is 23.2. The fourth-order valence-electron chi connectivity index (χ4n) is 2.74. The Bertz CT molecular complexity index is 1120. The van der Waals surface area contributed by atoms with E-state index < -0.39 is 0 Å². The summed E-state index contributed by atoms with van der Waals surface area (Å²) in [5, 5.41) is 12.3. The molecule has 3 aromatic rings. The third kappa shape index (κ3) is 6.29. The first-order valence-corrected chi connectivity index (χ1v) is 11.5. The van der Waals surface area contributed by atoms with Crippen LogP contribution < -0.4 is 5.32 Å². The topological polar surface area (TPSA) is 76.9 Å². The van der Waals surface area contributed by atoms with Gasteiger partial charge in [-0.05, 0) is 36.8 Å². The lowest BCUT2D eigenvalue weighted by Crippen LogP contribution is -2.18. The summed E-state index contributed by atoms with van der Waals surface area (Å²) in [6, 6.07) is 12.5. The fourth-order valence-corrected chi connectivity index (χ4v) is 4.04. The number of rotatable bonds is 9. The number of halogens is 2. The van der Waals surface area contributed by atoms with E-state index in [9.17, 15) is 9.59 Å². The molecule has 0 radical (unpaired) electrons. The number of hydrogen-bond donors (Lipinski definition) is 1. The van der Waals surface area contributed by atoms with Crippen LogP contribution in [-0.2, 0) is 17.8 Å². The quantitative estimate of drug-likeness (QED) is 0.234. The lowest BCUT2D eigenvalue weighted by atomic mass is 10.2. The van der Waals surface area contributed by atoms with Crippen LogP contribution in [0.25, 0.3) is 0 Å². The van der Waals surface area contributed by atoms with Crippen LogP contribution in [0.3, 0.4) is 0 Å². The van der Waals surface area contributed by atoms with Gasteiger partial charge in [0.25, 0.3) is 0 Å². The number of carbonyl (C=O) groups is 2. The molecule has 9 heteroatoms. The third-order valence-electron chi connectivity index (χ3n) is 4.38. The molecular formula is C22H20BrClN4O2S. The van der Waals surface area contributed by atoms with Crippen LogP contribution in [-0.4, -0.2) is 32.2 Å². The van der Waals surface area contributed by atoms with E-state index in [-0.39, 0.29) is 23.9 Å². The molecule has 0 bridgehead atoms. The van der Waals surface area contributed by atoms with E-state index in [1.54, 1.807) is 34.9 Å². The van der Waals surface area contributed by atoms with E-state index >= 15 is 0 Å². The van der Waals surface area contributed by atoms with E-state index in [4.69, 9.17) is 11.6 Å². The van der Waals surface area contributed by atoms with Crippen LogP contribution in [0, 0.1) is 6.92 Å². The van der Waals surface area contributed by atoms with Crippen LogP contribution in [0.1, 0.15) is 21.7 Å². The molecule has 0 aliphatic rings. The molecule has 160 valence electrons. The summed E-state index contributed by atoms with van der Waals surface area (Å²) >= 11 is 10.8. The number of allylic oxidation sites excluding steroid dienone is 1. The van der Waals surface area contributed by atoms with E-state index in [0.29, 0.717) is 33.8 Å². The molecule has 0 saturated carbocycles. The molecule has 1 amide bonds. The van der Waals surface area contributed by atoms with Crippen LogP contribution >= 0.6 is 39.3 Å². The Labute approximate surface area is 198 Å². The minimum Gasteiger partial charge on any atom is -0.326 e. The van der Waals surface area contributed by atoms with Gasteiger partial charge in [0.15, 0.2) is 10.9 Å². The number of aromatic nitrogens is 3. The molecule has 0 atom stereocenters. The van der Waals surface area contributed by atoms with Crippen LogP contribution in [0.2, 0.25) is 5.02 Å². The van der Waals surface area contributed by atoms with Crippen molar-refractivity contribution in [3.8, 4) is 0 Å². The van der Waals surface area contributed by atoms with Gasteiger partial charge >= 0.3 is 0 Å². The molecule has 0 unspecified atom stereocenters. The molecule has 1 heterocycles. The second kappa shape index (κ2) is 10.7. The van der Waals surface area contributed by atoms with Crippen molar-refractivity contribution in [2.24, 2.45) is 0 Å². The second-order valence-electron chi connectivity index (χ2n) is 6.71. The van der Waals surface area contributed by atoms with Crippen molar-refractivity contribution in [1.29, 1.82) is 0 Å². The van der Waals surface area contributed by atoms with Gasteiger partial charge in [-0.2, -0.15) is 0 Å². The first-order valence-electron chi connectivity index (χ1n) is 9.38. The molecule has 0 aliphatic heterocycles. The summed E-state index contributed by atoms with van der Waals surface area (Å²) in [5.74, 6) is 0.459. The zero-order chi connectivity index (χ0) is 22.4. The van der Waals surface area contributed by atoms with Gasteiger partial charge in [-0.15, -0.1) is 16.8 Å². The average Bonchev–Trinajstić information content (AvgIpc) is 3.11. The van der Waals surface area contributed by atoms with Crippen LogP contribution in [0.5, 0.6) is 0 Å². The van der Waals surface area contributed by atoms with E-state index in [2.05, 4.69) is 38.0 Å². The number of benzene rings is 2. The maximum absolute atomic E-state index is 12.5. The Morgan fingerprint density at radius 1 is 1.23 bits per heavy atom. The predicted molar refractivity (Wildman–Crippen MR) is 128 cm³/mol. The summed E-state index contributed by atoms with van der Waals surface area (Å²) < 4.78 is 2.70. The molecule has 1 aromatic heterocycles. The van der Waals surface area contributed by atoms with Gasteiger partial charge in [-0.25, -0.2) is 0 Å². The number of carbonyl (C=O) groups excluding carboxylic acids is 2. The van der Waals surface area contributed by atoms with Gasteiger partial charge in [-0.3, -0.25) is 9.59 Å². The number of aryl methyl sites for hydroxylation is 1. The molecular weight excluding hydrogens is 500 g/mol. The second-order valence-corrected chi connectivity index (χ2v) is 8.97. The lowest BCUT2D eigenvalue weighted by molar-refractivity contribution is -0.115. The molecule has 0 spiro atoms. The number of Topliss-reactive ketones (excluding diaryl/α,β-unsaturated/α-hetero) is 1. The highest BCUT2D eigenvalue weighted by molar-refractivity contribution is 9.10. The summed E-state index contributed by atoms with van der Waals surface area (Å²) in [7, 11) is 0. The minimum atomic E-state index is -0.236. The number of nitrogens with one attached hydrogen (secondary N) is 1. The molecule has 1 N–H and O–H groups in total. The van der Waals surface area contributed by atoms with Crippen molar-refractivity contribution in [2.75, 3.05) is 11.1 Å². The van der Waals surface area contributed by atoms with Crippen LogP contribution in [0.4, 0.5) is 5.69 Å². The highest BCUT2D eigenvalue weighted by Gasteiger charge is 2.17. The Hall–Kier alpha value is -2.42. The highest BCUT2D eigenvalue weighted by Crippen LogP contribution is 2.22. The predicted octanol–water partition coefficient (Wildman–Crippen LogP) is 5.34. The summed E-state index contributed by atoms with van der Waals surface area (Å²) in [5.41, 5.74) is 2.18. The van der Waals surface area contributed by atoms with Gasteiger partial charge in [0.1, 0.15) is 5.82 Å². The monoisotopic (exact) mass is 518 g/mol. The third-order valence-corrected chi connectivity index (χ3v) is 6.28. The van der Waals surface area contributed by atoms with E-state index in [0.717, 1.165) is 10.0 Å². The van der Waals surface area contributed by atoms with Crippen molar-refractivity contribution in [2.45, 2.75) is 25.0 Å². The molecule has 0 saturated heterocycles. The number of anilines is 1. The maximum atomic E-state index is 12.5. The zero-order valence-corrected chi connectivity index (χ0v) is 19.9.